The first-order valence-corrected chi connectivity index (χ1v) is 6.69. The molecule has 0 fully saturated rings. The fraction of sp³-hybridized carbons (Fsp3) is 0.200. The van der Waals surface area contributed by atoms with Crippen molar-refractivity contribution in [1.82, 2.24) is 9.97 Å². The van der Waals surface area contributed by atoms with Crippen molar-refractivity contribution in [1.29, 1.82) is 10.5 Å². The highest BCUT2D eigenvalue weighted by atomic mass is 35.5. The molecule has 0 amide bonds. The molecule has 104 valence electrons. The highest BCUT2D eigenvalue weighted by Gasteiger charge is 2.15. The summed E-state index contributed by atoms with van der Waals surface area (Å²) >= 11 is 6.22. The highest BCUT2D eigenvalue weighted by Crippen LogP contribution is 2.27. The van der Waals surface area contributed by atoms with Crippen molar-refractivity contribution >= 4 is 17.4 Å². The van der Waals surface area contributed by atoms with E-state index in [0.717, 1.165) is 5.56 Å². The molecule has 21 heavy (non-hydrogen) atoms. The van der Waals surface area contributed by atoms with Gasteiger partial charge in [0.15, 0.2) is 0 Å². The lowest BCUT2D eigenvalue weighted by Gasteiger charge is -2.23. The molecule has 2 rings (SSSR count). The van der Waals surface area contributed by atoms with Crippen LogP contribution in [-0.2, 0) is 6.54 Å². The van der Waals surface area contributed by atoms with Crippen LogP contribution < -0.4 is 4.90 Å². The summed E-state index contributed by atoms with van der Waals surface area (Å²) in [6.07, 6.45) is 5.34. The monoisotopic (exact) mass is 297 g/mol. The Bertz CT molecular complexity index is 687. The number of pyridine rings is 2. The lowest BCUT2D eigenvalue weighted by molar-refractivity contribution is 0.780. The molecule has 0 saturated carbocycles. The quantitative estimate of drug-likeness (QED) is 0.848. The zero-order valence-electron chi connectivity index (χ0n) is 11.2. The molecule has 6 heteroatoms. The molecule has 0 saturated heterocycles. The van der Waals surface area contributed by atoms with Gasteiger partial charge in [0, 0.05) is 31.7 Å². The lowest BCUT2D eigenvalue weighted by atomic mass is 10.2. The number of rotatable bonds is 5. The van der Waals surface area contributed by atoms with E-state index in [9.17, 15) is 0 Å². The van der Waals surface area contributed by atoms with Gasteiger partial charge in [-0.15, -0.1) is 0 Å². The maximum Gasteiger partial charge on any atom is 0.149 e. The van der Waals surface area contributed by atoms with Crippen molar-refractivity contribution in [3.8, 4) is 12.1 Å². The number of nitrogens with zero attached hydrogens (tertiary/aromatic N) is 5. The molecule has 0 aromatic carbocycles. The van der Waals surface area contributed by atoms with E-state index >= 15 is 0 Å². The highest BCUT2D eigenvalue weighted by molar-refractivity contribution is 6.34. The van der Waals surface area contributed by atoms with Crippen LogP contribution in [0.1, 0.15) is 17.5 Å². The third-order valence-electron chi connectivity index (χ3n) is 2.88. The van der Waals surface area contributed by atoms with Crippen molar-refractivity contribution in [2.45, 2.75) is 13.0 Å². The average molecular weight is 298 g/mol. The summed E-state index contributed by atoms with van der Waals surface area (Å²) in [5.74, 6) is 0.509. The van der Waals surface area contributed by atoms with Crippen molar-refractivity contribution in [2.24, 2.45) is 0 Å². The largest absolute Gasteiger partial charge is 0.350 e. The van der Waals surface area contributed by atoms with Gasteiger partial charge >= 0.3 is 0 Å². The Morgan fingerprint density at radius 1 is 1.24 bits per heavy atom. The molecule has 0 aliphatic rings. The van der Waals surface area contributed by atoms with Crippen molar-refractivity contribution in [3.05, 3.63) is 52.9 Å². The van der Waals surface area contributed by atoms with Gasteiger partial charge in [-0.2, -0.15) is 10.5 Å². The van der Waals surface area contributed by atoms with Crippen LogP contribution in [-0.4, -0.2) is 16.5 Å². The summed E-state index contributed by atoms with van der Waals surface area (Å²) in [5.41, 5.74) is 1.35. The maximum absolute atomic E-state index is 9.05. The molecular weight excluding hydrogens is 286 g/mol. The minimum Gasteiger partial charge on any atom is -0.350 e. The second-order valence-electron chi connectivity index (χ2n) is 4.30. The van der Waals surface area contributed by atoms with Gasteiger partial charge in [0.05, 0.1) is 18.1 Å². The Morgan fingerprint density at radius 2 is 2.10 bits per heavy atom. The third-order valence-corrected chi connectivity index (χ3v) is 3.25. The van der Waals surface area contributed by atoms with E-state index in [2.05, 4.69) is 16.0 Å². The molecule has 0 aliphatic carbocycles. The first-order chi connectivity index (χ1) is 10.3. The van der Waals surface area contributed by atoms with Crippen LogP contribution in [0, 0.1) is 22.7 Å². The van der Waals surface area contributed by atoms with Gasteiger partial charge in [0.25, 0.3) is 0 Å². The summed E-state index contributed by atoms with van der Waals surface area (Å²) in [6.45, 7) is 1.00. The molecule has 2 aromatic rings. The summed E-state index contributed by atoms with van der Waals surface area (Å²) in [5, 5.41) is 18.2. The number of hydrogen-bond donors (Lipinski definition) is 0. The first-order valence-electron chi connectivity index (χ1n) is 6.31. The molecule has 0 aliphatic heterocycles. The summed E-state index contributed by atoms with van der Waals surface area (Å²) < 4.78 is 0. The Balaban J connectivity index is 2.32. The number of hydrogen-bond acceptors (Lipinski definition) is 5. The molecule has 5 nitrogen and oxygen atoms in total. The fourth-order valence-electron chi connectivity index (χ4n) is 1.90. The van der Waals surface area contributed by atoms with Gasteiger partial charge in [-0.05, 0) is 17.7 Å². The fourth-order valence-corrected chi connectivity index (χ4v) is 2.17. The predicted molar refractivity (Wildman–Crippen MR) is 79.5 cm³/mol. The van der Waals surface area contributed by atoms with E-state index in [-0.39, 0.29) is 0 Å². The maximum atomic E-state index is 9.05. The van der Waals surface area contributed by atoms with Gasteiger partial charge in [0.1, 0.15) is 16.9 Å². The van der Waals surface area contributed by atoms with Gasteiger partial charge in [0.2, 0.25) is 0 Å². The molecule has 0 radical (unpaired) electrons. The van der Waals surface area contributed by atoms with Crippen LogP contribution in [0.15, 0.2) is 36.8 Å². The molecular formula is C15H12ClN5. The van der Waals surface area contributed by atoms with Gasteiger partial charge < -0.3 is 4.90 Å². The van der Waals surface area contributed by atoms with E-state index in [1.807, 2.05) is 23.1 Å². The van der Waals surface area contributed by atoms with E-state index < -0.39 is 0 Å². The second-order valence-corrected chi connectivity index (χ2v) is 4.68. The molecule has 0 N–H and O–H groups in total. The number of nitriles is 2. The van der Waals surface area contributed by atoms with Crippen LogP contribution in [0.5, 0.6) is 0 Å². The van der Waals surface area contributed by atoms with E-state index in [1.165, 1.54) is 0 Å². The number of halogens is 1. The molecule has 0 unspecified atom stereocenters. The molecule has 0 atom stereocenters. The SMILES string of the molecule is N#CCCN(Cc1cccnc1)c1nccc(C#N)c1Cl. The molecule has 2 aromatic heterocycles. The number of aromatic nitrogens is 2. The van der Waals surface area contributed by atoms with E-state index in [4.69, 9.17) is 22.1 Å². The second kappa shape index (κ2) is 7.23. The summed E-state index contributed by atoms with van der Waals surface area (Å²) in [6, 6.07) is 9.50. The van der Waals surface area contributed by atoms with E-state index in [1.54, 1.807) is 24.7 Å². The van der Waals surface area contributed by atoms with Crippen molar-refractivity contribution < 1.29 is 0 Å². The van der Waals surface area contributed by atoms with Gasteiger partial charge in [-0.3, -0.25) is 4.98 Å². The van der Waals surface area contributed by atoms with Crippen molar-refractivity contribution in [3.63, 3.8) is 0 Å². The average Bonchev–Trinajstić information content (AvgIpc) is 2.53. The lowest BCUT2D eigenvalue weighted by Crippen LogP contribution is -2.25. The van der Waals surface area contributed by atoms with Crippen LogP contribution in [0.3, 0.4) is 0 Å². The smallest absolute Gasteiger partial charge is 0.149 e. The summed E-state index contributed by atoms with van der Waals surface area (Å²) in [4.78, 5) is 10.2. The molecule has 0 bridgehead atoms. The minimum absolute atomic E-state index is 0.307. The normalized spacial score (nSPS) is 9.67. The number of anilines is 1. The van der Waals surface area contributed by atoms with Crippen molar-refractivity contribution in [2.75, 3.05) is 11.4 Å². The van der Waals surface area contributed by atoms with Crippen LogP contribution in [0.4, 0.5) is 5.82 Å². The van der Waals surface area contributed by atoms with Crippen LogP contribution in [0.25, 0.3) is 0 Å². The van der Waals surface area contributed by atoms with Crippen LogP contribution in [0.2, 0.25) is 5.02 Å². The first kappa shape index (κ1) is 14.8. The predicted octanol–water partition coefficient (Wildman–Crippen LogP) is 2.92. The molecule has 2 heterocycles. The van der Waals surface area contributed by atoms with Gasteiger partial charge in [-0.25, -0.2) is 4.98 Å². The van der Waals surface area contributed by atoms with E-state index in [0.29, 0.717) is 35.9 Å². The standard InChI is InChI=1S/C15H12ClN5/c16-14-13(9-18)4-7-20-15(14)21(8-2-5-17)11-12-3-1-6-19-10-12/h1,3-4,6-7,10H,2,8,11H2. The minimum atomic E-state index is 0.307. The third kappa shape index (κ3) is 3.68. The Morgan fingerprint density at radius 3 is 2.76 bits per heavy atom. The summed E-state index contributed by atoms with van der Waals surface area (Å²) in [7, 11) is 0. The van der Waals surface area contributed by atoms with Gasteiger partial charge in [-0.1, -0.05) is 17.7 Å². The topological polar surface area (TPSA) is 76.6 Å². The molecule has 0 spiro atoms. The van der Waals surface area contributed by atoms with Crippen LogP contribution >= 0.6 is 11.6 Å². The Hall–Kier alpha value is -2.63. The zero-order valence-corrected chi connectivity index (χ0v) is 12.0. The Kier molecular flexibility index (Phi) is 5.09. The zero-order chi connectivity index (χ0) is 15.1. The Labute approximate surface area is 128 Å².